The van der Waals surface area contributed by atoms with E-state index in [9.17, 15) is 0 Å². The summed E-state index contributed by atoms with van der Waals surface area (Å²) >= 11 is 0. The fourth-order valence-electron chi connectivity index (χ4n) is 2.33. The first-order valence-electron chi connectivity index (χ1n) is 7.26. The van der Waals surface area contributed by atoms with Gasteiger partial charge in [0.2, 0.25) is 0 Å². The summed E-state index contributed by atoms with van der Waals surface area (Å²) in [7, 11) is -4.89. The number of para-hydroxylation sites is 2. The van der Waals surface area contributed by atoms with E-state index in [1.807, 2.05) is 60.7 Å². The molecule has 0 radical (unpaired) electrons. The van der Waals surface area contributed by atoms with Gasteiger partial charge in [0.05, 0.1) is 0 Å². The molecule has 0 fully saturated rings. The van der Waals surface area contributed by atoms with Crippen LogP contribution in [0, 0.1) is 0 Å². The van der Waals surface area contributed by atoms with Gasteiger partial charge in [-0.1, -0.05) is 0 Å². The fourth-order valence-corrected chi connectivity index (χ4v) is 9.70. The number of benzene rings is 2. The van der Waals surface area contributed by atoms with Crippen molar-refractivity contribution in [1.29, 1.82) is 0 Å². The molecule has 21 heavy (non-hydrogen) atoms. The van der Waals surface area contributed by atoms with Crippen molar-refractivity contribution in [1.82, 2.24) is 0 Å². The Morgan fingerprint density at radius 2 is 1.24 bits per heavy atom. The van der Waals surface area contributed by atoms with Crippen molar-refractivity contribution in [2.45, 2.75) is 26.2 Å². The maximum atomic E-state index is 6.29. The summed E-state index contributed by atoms with van der Waals surface area (Å²) < 4.78 is 18.4. The number of rotatable bonds is 6. The molecule has 2 aromatic carbocycles. The Labute approximate surface area is 129 Å². The summed E-state index contributed by atoms with van der Waals surface area (Å²) in [6.45, 7) is 8.25. The van der Waals surface area contributed by atoms with Crippen LogP contribution in [-0.4, -0.2) is 17.1 Å². The van der Waals surface area contributed by atoms with E-state index in [2.05, 4.69) is 26.2 Å². The molecule has 0 saturated heterocycles. The molecule has 0 unspecified atom stereocenters. The van der Waals surface area contributed by atoms with Crippen LogP contribution in [0.3, 0.4) is 0 Å². The molecule has 114 valence electrons. The molecule has 3 nitrogen and oxygen atoms in total. The molecule has 0 saturated carbocycles. The summed E-state index contributed by atoms with van der Waals surface area (Å²) in [6.07, 6.45) is 0. The quantitative estimate of drug-likeness (QED) is 0.743. The second kappa shape index (κ2) is 6.47. The first-order chi connectivity index (χ1) is 9.86. The summed E-state index contributed by atoms with van der Waals surface area (Å²) in [5.74, 6) is 1.71. The molecular formula is C16H23O3Si2-. The topological polar surface area (TPSA) is 27.7 Å². The molecule has 0 atom stereocenters. The molecule has 2 aromatic rings. The predicted molar refractivity (Wildman–Crippen MR) is 91.6 cm³/mol. The number of hydrogen-bond acceptors (Lipinski definition) is 3. The average molecular weight is 320 g/mol. The van der Waals surface area contributed by atoms with Gasteiger partial charge in [-0.2, -0.15) is 0 Å². The van der Waals surface area contributed by atoms with E-state index in [1.54, 1.807) is 0 Å². The molecule has 0 amide bonds. The van der Waals surface area contributed by atoms with Crippen LogP contribution in [0.5, 0.6) is 11.5 Å². The van der Waals surface area contributed by atoms with Gasteiger partial charge in [0.1, 0.15) is 0 Å². The van der Waals surface area contributed by atoms with Crippen molar-refractivity contribution in [2.75, 3.05) is 0 Å². The Bertz CT molecular complexity index is 505. The third-order valence-electron chi connectivity index (χ3n) is 2.84. The van der Waals surface area contributed by atoms with Crippen molar-refractivity contribution >= 4 is 17.1 Å². The molecule has 2 rings (SSSR count). The Balaban J connectivity index is 2.01. The Hall–Kier alpha value is -1.57. The third-order valence-corrected chi connectivity index (χ3v) is 8.95. The van der Waals surface area contributed by atoms with E-state index in [1.165, 1.54) is 0 Å². The molecule has 0 aromatic heterocycles. The van der Waals surface area contributed by atoms with Gasteiger partial charge in [-0.05, 0) is 0 Å². The van der Waals surface area contributed by atoms with E-state index in [0.717, 1.165) is 11.5 Å². The van der Waals surface area contributed by atoms with Gasteiger partial charge in [-0.25, -0.2) is 0 Å². The summed E-state index contributed by atoms with van der Waals surface area (Å²) in [4.78, 5) is 0. The van der Waals surface area contributed by atoms with Crippen LogP contribution < -0.4 is 8.85 Å². The number of hydrogen-bond donors (Lipinski definition) is 0. The van der Waals surface area contributed by atoms with Crippen molar-refractivity contribution < 1.29 is 13.0 Å². The van der Waals surface area contributed by atoms with E-state index in [-0.39, 0.29) is 0 Å². The standard InChI is InChI=1S/C16H23O3Si2/c1-20(2,17-15-11-7-5-8-12-15)19-21(3,4)18-16-13-9-6-10-14-16/h5-14,20H,1-4H3/q-1. The second-order valence-corrected chi connectivity index (χ2v) is 13.4. The van der Waals surface area contributed by atoms with E-state index in [4.69, 9.17) is 13.0 Å². The first-order valence-corrected chi connectivity index (χ1v) is 13.3. The van der Waals surface area contributed by atoms with Crippen LogP contribution in [0.1, 0.15) is 0 Å². The van der Waals surface area contributed by atoms with Crippen LogP contribution in [0.4, 0.5) is 0 Å². The predicted octanol–water partition coefficient (Wildman–Crippen LogP) is 4.30. The average Bonchev–Trinajstić information content (AvgIpc) is 2.38. The minimum atomic E-state index is -2.61. The van der Waals surface area contributed by atoms with E-state index in [0.29, 0.717) is 0 Å². The molecule has 0 aliphatic carbocycles. The first kappa shape index (κ1) is 15.8. The van der Waals surface area contributed by atoms with Crippen LogP contribution in [0.25, 0.3) is 0 Å². The van der Waals surface area contributed by atoms with Gasteiger partial charge in [0, 0.05) is 0 Å². The van der Waals surface area contributed by atoms with Crippen molar-refractivity contribution in [3.8, 4) is 11.5 Å². The van der Waals surface area contributed by atoms with Gasteiger partial charge < -0.3 is 0 Å². The third kappa shape index (κ3) is 5.37. The summed E-state index contributed by atoms with van der Waals surface area (Å²) in [6, 6.07) is 19.6. The van der Waals surface area contributed by atoms with Gasteiger partial charge in [0.15, 0.2) is 0 Å². The minimum absolute atomic E-state index is 0.850. The van der Waals surface area contributed by atoms with Gasteiger partial charge in [0.25, 0.3) is 0 Å². The molecule has 5 heteroatoms. The van der Waals surface area contributed by atoms with Gasteiger partial charge in [-0.3, -0.25) is 0 Å². The SMILES string of the molecule is C[Si](C)(Oc1ccccc1)O[SiH-](C)(C)Oc1ccccc1. The Morgan fingerprint density at radius 1 is 0.762 bits per heavy atom. The van der Waals surface area contributed by atoms with Gasteiger partial charge in [-0.15, -0.1) is 0 Å². The zero-order valence-corrected chi connectivity index (χ0v) is 15.2. The normalized spacial score (nSPS) is 12.8. The molecule has 0 heterocycles. The molecule has 0 bridgehead atoms. The summed E-state index contributed by atoms with van der Waals surface area (Å²) in [5.41, 5.74) is 0. The summed E-state index contributed by atoms with van der Waals surface area (Å²) in [5, 5.41) is 0. The molecule has 0 aliphatic heterocycles. The van der Waals surface area contributed by atoms with Crippen LogP contribution in [0.15, 0.2) is 60.7 Å². The van der Waals surface area contributed by atoms with E-state index < -0.39 is 17.1 Å². The van der Waals surface area contributed by atoms with Crippen LogP contribution >= 0.6 is 0 Å². The van der Waals surface area contributed by atoms with Crippen molar-refractivity contribution in [3.63, 3.8) is 0 Å². The monoisotopic (exact) mass is 319 g/mol. The second-order valence-electron chi connectivity index (χ2n) is 5.98. The zero-order chi connectivity index (χ0) is 15.3. The van der Waals surface area contributed by atoms with Gasteiger partial charge >= 0.3 is 128 Å². The van der Waals surface area contributed by atoms with E-state index >= 15 is 0 Å². The Kier molecular flexibility index (Phi) is 4.87. The molecule has 0 spiro atoms. The van der Waals surface area contributed by atoms with Crippen LogP contribution in [0.2, 0.25) is 26.2 Å². The zero-order valence-electron chi connectivity index (χ0n) is 13.1. The Morgan fingerprint density at radius 3 is 1.76 bits per heavy atom. The van der Waals surface area contributed by atoms with Crippen LogP contribution in [-0.2, 0) is 4.12 Å². The van der Waals surface area contributed by atoms with Crippen molar-refractivity contribution in [2.24, 2.45) is 0 Å². The molecule has 0 N–H and O–H groups in total. The maximum absolute atomic E-state index is 6.29. The fraction of sp³-hybridized carbons (Fsp3) is 0.250. The molecule has 0 aliphatic rings. The van der Waals surface area contributed by atoms with Crippen molar-refractivity contribution in [3.05, 3.63) is 60.7 Å². The molecular weight excluding hydrogens is 296 g/mol.